The Morgan fingerprint density at radius 2 is 2.09 bits per heavy atom. The summed E-state index contributed by atoms with van der Waals surface area (Å²) in [5.74, 6) is -1.13. The molecule has 2 aliphatic rings. The summed E-state index contributed by atoms with van der Waals surface area (Å²) in [6.45, 7) is 2.20. The van der Waals surface area contributed by atoms with Crippen LogP contribution in [0, 0.1) is 0 Å². The monoisotopic (exact) mass is 305 g/mol. The Morgan fingerprint density at radius 3 is 2.68 bits per heavy atom. The summed E-state index contributed by atoms with van der Waals surface area (Å²) >= 11 is 0. The summed E-state index contributed by atoms with van der Waals surface area (Å²) in [5.41, 5.74) is -1.89. The van der Waals surface area contributed by atoms with E-state index in [9.17, 15) is 9.59 Å². The Hall–Kier alpha value is -1.92. The van der Waals surface area contributed by atoms with Gasteiger partial charge in [0.25, 0.3) is 11.5 Å². The zero-order chi connectivity index (χ0) is 16.0. The highest BCUT2D eigenvalue weighted by molar-refractivity contribution is 6.09. The van der Waals surface area contributed by atoms with E-state index in [-0.39, 0.29) is 0 Å². The molecule has 0 spiro atoms. The summed E-state index contributed by atoms with van der Waals surface area (Å²) in [7, 11) is 2.89. The van der Waals surface area contributed by atoms with Crippen LogP contribution in [0.25, 0.3) is 0 Å². The number of likely N-dealkylation sites (N-methyl/N-ethyl adjacent to an activating group) is 1. The minimum absolute atomic E-state index is 0.384. The largest absolute Gasteiger partial charge is 0.466 e. The van der Waals surface area contributed by atoms with Crippen LogP contribution < -0.4 is 0 Å². The topological polar surface area (TPSA) is 65.1 Å². The van der Waals surface area contributed by atoms with E-state index in [0.717, 1.165) is 5.56 Å². The average molecular weight is 305 g/mol. The van der Waals surface area contributed by atoms with Gasteiger partial charge in [0.05, 0.1) is 7.11 Å². The van der Waals surface area contributed by atoms with Crippen molar-refractivity contribution in [3.8, 4) is 0 Å². The van der Waals surface area contributed by atoms with E-state index in [1.165, 1.54) is 12.0 Å². The van der Waals surface area contributed by atoms with Gasteiger partial charge in [-0.1, -0.05) is 30.3 Å². The normalized spacial score (nSPS) is 33.3. The Kier molecular flexibility index (Phi) is 3.45. The van der Waals surface area contributed by atoms with E-state index >= 15 is 0 Å². The molecule has 0 saturated carbocycles. The maximum atomic E-state index is 12.8. The van der Waals surface area contributed by atoms with Gasteiger partial charge >= 0.3 is 5.97 Å². The molecular weight excluding hydrogens is 286 g/mol. The van der Waals surface area contributed by atoms with Crippen molar-refractivity contribution in [1.82, 2.24) is 4.90 Å². The van der Waals surface area contributed by atoms with Crippen LogP contribution in [0.3, 0.4) is 0 Å². The van der Waals surface area contributed by atoms with Gasteiger partial charge in [-0.25, -0.2) is 4.79 Å². The van der Waals surface area contributed by atoms with E-state index in [0.29, 0.717) is 13.0 Å². The van der Waals surface area contributed by atoms with Crippen LogP contribution in [0.1, 0.15) is 18.9 Å². The van der Waals surface area contributed by atoms with Crippen LogP contribution >= 0.6 is 0 Å². The lowest BCUT2D eigenvalue weighted by atomic mass is 9.86. The predicted octanol–water partition coefficient (Wildman–Crippen LogP) is 1.05. The number of benzene rings is 1. The summed E-state index contributed by atoms with van der Waals surface area (Å²) < 4.78 is 16.5. The van der Waals surface area contributed by atoms with Gasteiger partial charge in [0.2, 0.25) is 0 Å². The number of likely N-dealkylation sites (tertiary alicyclic amines) is 1. The highest BCUT2D eigenvalue weighted by atomic mass is 16.6. The highest BCUT2D eigenvalue weighted by Gasteiger charge is 2.75. The third-order valence-electron chi connectivity index (χ3n) is 4.49. The first-order chi connectivity index (χ1) is 10.5. The van der Waals surface area contributed by atoms with Crippen LogP contribution in [0.4, 0.5) is 0 Å². The third-order valence-corrected chi connectivity index (χ3v) is 4.49. The molecule has 22 heavy (non-hydrogen) atoms. The van der Waals surface area contributed by atoms with E-state index in [4.69, 9.17) is 14.2 Å². The fourth-order valence-corrected chi connectivity index (χ4v) is 3.43. The molecule has 3 rings (SSSR count). The second kappa shape index (κ2) is 5.07. The molecule has 2 heterocycles. The maximum absolute atomic E-state index is 12.8. The van der Waals surface area contributed by atoms with Gasteiger partial charge < -0.3 is 19.1 Å². The molecular formula is C16H19NO5. The number of methoxy groups -OCH3 is 1. The lowest BCUT2D eigenvalue weighted by Crippen LogP contribution is -2.59. The van der Waals surface area contributed by atoms with E-state index in [1.807, 2.05) is 37.3 Å². The van der Waals surface area contributed by atoms with Crippen molar-refractivity contribution < 1.29 is 23.8 Å². The summed E-state index contributed by atoms with van der Waals surface area (Å²) in [4.78, 5) is 26.6. The number of carbonyl (C=O) groups is 2. The van der Waals surface area contributed by atoms with Crippen molar-refractivity contribution in [2.24, 2.45) is 0 Å². The minimum atomic E-state index is -1.71. The van der Waals surface area contributed by atoms with E-state index in [1.54, 1.807) is 7.05 Å². The molecule has 0 aliphatic carbocycles. The van der Waals surface area contributed by atoms with Crippen molar-refractivity contribution in [1.29, 1.82) is 0 Å². The number of hydrogen-bond acceptors (Lipinski definition) is 5. The first-order valence-corrected chi connectivity index (χ1v) is 7.27. The molecule has 1 amide bonds. The second-order valence-electron chi connectivity index (χ2n) is 5.49. The molecule has 2 saturated heterocycles. The number of hydrogen-bond donors (Lipinski definition) is 0. The van der Waals surface area contributed by atoms with Crippen LogP contribution in [0.2, 0.25) is 0 Å². The predicted molar refractivity (Wildman–Crippen MR) is 76.8 cm³/mol. The fourth-order valence-electron chi connectivity index (χ4n) is 3.43. The second-order valence-corrected chi connectivity index (χ2v) is 5.49. The molecule has 1 aromatic rings. The summed E-state index contributed by atoms with van der Waals surface area (Å²) in [5, 5.41) is 0. The number of ether oxygens (including phenoxy) is 3. The molecule has 0 radical (unpaired) electrons. The van der Waals surface area contributed by atoms with Gasteiger partial charge in [0.1, 0.15) is 6.10 Å². The van der Waals surface area contributed by atoms with Crippen molar-refractivity contribution in [2.45, 2.75) is 30.8 Å². The number of carbonyl (C=O) groups excluding carboxylic acids is 2. The number of nitrogens with zero attached hydrogens (tertiary/aromatic N) is 1. The SMILES string of the molecule is CCO[C@@H]1C[C@@]2(c3ccccc3)O[C@]1(C(=O)OC)C(=O)N2C. The number of esters is 1. The first-order valence-electron chi connectivity index (χ1n) is 7.27. The minimum Gasteiger partial charge on any atom is -0.466 e. The smallest absolute Gasteiger partial charge is 0.351 e. The Balaban J connectivity index is 2.12. The molecule has 0 unspecified atom stereocenters. The summed E-state index contributed by atoms with van der Waals surface area (Å²) in [6.07, 6.45) is -0.267. The quantitative estimate of drug-likeness (QED) is 0.614. The average Bonchev–Trinajstić information content (AvgIpc) is 3.01. The Morgan fingerprint density at radius 1 is 1.41 bits per heavy atom. The lowest BCUT2D eigenvalue weighted by molar-refractivity contribution is -0.179. The van der Waals surface area contributed by atoms with Crippen LogP contribution in [0.5, 0.6) is 0 Å². The van der Waals surface area contributed by atoms with Crippen molar-refractivity contribution in [3.05, 3.63) is 35.9 Å². The van der Waals surface area contributed by atoms with Gasteiger partial charge in [0.15, 0.2) is 5.72 Å². The zero-order valence-electron chi connectivity index (χ0n) is 12.9. The van der Waals surface area contributed by atoms with Crippen molar-refractivity contribution in [2.75, 3.05) is 20.8 Å². The highest BCUT2D eigenvalue weighted by Crippen LogP contribution is 2.54. The molecule has 3 atom stereocenters. The molecule has 6 nitrogen and oxygen atoms in total. The molecule has 2 bridgehead atoms. The van der Waals surface area contributed by atoms with Crippen molar-refractivity contribution >= 4 is 11.9 Å². The molecule has 2 aliphatic heterocycles. The number of rotatable bonds is 4. The van der Waals surface area contributed by atoms with E-state index < -0.39 is 29.3 Å². The molecule has 118 valence electrons. The van der Waals surface area contributed by atoms with Crippen LogP contribution in [-0.2, 0) is 29.5 Å². The van der Waals surface area contributed by atoms with Gasteiger partial charge in [-0.2, -0.15) is 0 Å². The standard InChI is InChI=1S/C16H19NO5/c1-4-21-12-10-15(11-8-6-5-7-9-11)17(2)13(18)16(12,22-15)14(19)20-3/h5-9,12H,4,10H2,1-3H3/t12-,15+,16+/m1/s1. The third kappa shape index (κ3) is 1.68. The fraction of sp³-hybridized carbons (Fsp3) is 0.500. The molecule has 0 N–H and O–H groups in total. The number of piperidine rings is 1. The Bertz CT molecular complexity index is 604. The number of amides is 1. The Labute approximate surface area is 128 Å². The van der Waals surface area contributed by atoms with Crippen LogP contribution in [-0.4, -0.2) is 49.2 Å². The number of fused-ring (bicyclic) bond motifs is 2. The lowest BCUT2D eigenvalue weighted by Gasteiger charge is -2.36. The van der Waals surface area contributed by atoms with Gasteiger partial charge in [-0.3, -0.25) is 4.79 Å². The van der Waals surface area contributed by atoms with Gasteiger partial charge in [-0.05, 0) is 6.92 Å². The first kappa shape index (κ1) is 15.0. The maximum Gasteiger partial charge on any atom is 0.351 e. The molecule has 6 heteroatoms. The van der Waals surface area contributed by atoms with Crippen molar-refractivity contribution in [3.63, 3.8) is 0 Å². The van der Waals surface area contributed by atoms with Gasteiger partial charge in [-0.15, -0.1) is 0 Å². The van der Waals surface area contributed by atoms with Gasteiger partial charge in [0, 0.05) is 25.6 Å². The van der Waals surface area contributed by atoms with E-state index in [2.05, 4.69) is 0 Å². The molecule has 0 aromatic heterocycles. The summed E-state index contributed by atoms with van der Waals surface area (Å²) in [6, 6.07) is 9.40. The molecule has 2 fully saturated rings. The zero-order valence-corrected chi connectivity index (χ0v) is 12.9. The van der Waals surface area contributed by atoms with Crippen LogP contribution in [0.15, 0.2) is 30.3 Å². The molecule has 1 aromatic carbocycles.